The van der Waals surface area contributed by atoms with Crippen LogP contribution in [0.4, 0.5) is 0 Å². The minimum absolute atomic E-state index is 0.0550. The van der Waals surface area contributed by atoms with Gasteiger partial charge in [-0.15, -0.1) is 0 Å². The molecule has 0 bridgehead atoms. The Morgan fingerprint density at radius 3 is 2.60 bits per heavy atom. The van der Waals surface area contributed by atoms with Gasteiger partial charge >= 0.3 is 5.97 Å². The monoisotopic (exact) mass is 266 g/mol. The second kappa shape index (κ2) is 3.09. The van der Waals surface area contributed by atoms with Crippen LogP contribution >= 0.6 is 31.9 Å². The molecule has 0 saturated carbocycles. The van der Waals surface area contributed by atoms with Crippen LogP contribution < -0.4 is 0 Å². The summed E-state index contributed by atoms with van der Waals surface area (Å²) < 4.78 is 5.76. The maximum absolute atomic E-state index is 10.7. The second-order valence-electron chi connectivity index (χ2n) is 2.04. The van der Waals surface area contributed by atoms with Gasteiger partial charge in [-0.05, 0) is 4.38 Å². The molecule has 1 aliphatic rings. The Kier molecular flexibility index (Phi) is 2.58. The fraction of sp³-hybridized carbons (Fsp3) is 0.400. The molecular weight excluding hydrogens is 263 g/mol. The van der Waals surface area contributed by atoms with Gasteiger partial charge in [0.2, 0.25) is 0 Å². The maximum Gasteiger partial charge on any atom is 0.312 e. The minimum Gasteiger partial charge on any atom is -0.430 e. The summed E-state index contributed by atoms with van der Waals surface area (Å²) in [4.78, 5) is 10.7. The highest BCUT2D eigenvalue weighted by molar-refractivity contribution is 9.12. The van der Waals surface area contributed by atoms with Crippen molar-refractivity contribution >= 4 is 45.7 Å². The lowest BCUT2D eigenvalue weighted by atomic mass is 10.1. The molecule has 1 fully saturated rings. The summed E-state index contributed by atoms with van der Waals surface area (Å²) in [5, 5.41) is 0. The lowest BCUT2D eigenvalue weighted by Gasteiger charge is -2.00. The summed E-state index contributed by atoms with van der Waals surface area (Å²) in [5.41, 5.74) is 0. The Morgan fingerprint density at radius 2 is 2.40 bits per heavy atom. The first kappa shape index (κ1) is 8.33. The number of halogens is 2. The van der Waals surface area contributed by atoms with E-state index < -0.39 is 0 Å². The van der Waals surface area contributed by atoms with E-state index in [2.05, 4.69) is 31.9 Å². The summed E-state index contributed by atoms with van der Waals surface area (Å²) in [5.74, 6) is 0.528. The smallest absolute Gasteiger partial charge is 0.312 e. The van der Waals surface area contributed by atoms with Gasteiger partial charge in [-0.25, -0.2) is 0 Å². The average molecular weight is 268 g/mol. The summed E-state index contributed by atoms with van der Waals surface area (Å²) in [7, 11) is 1.85. The maximum atomic E-state index is 10.7. The standard InChI is InChI=1S/C5H5BBr2O2/c6-5(8)4-2(7)1-3(9)10-4/h2H,1,6H2/b5-4-. The van der Waals surface area contributed by atoms with Crippen LogP contribution in [0.25, 0.3) is 0 Å². The van der Waals surface area contributed by atoms with Crippen molar-refractivity contribution in [3.05, 3.63) is 10.1 Å². The first-order valence-corrected chi connectivity index (χ1v) is 4.53. The number of alkyl halides is 1. The average Bonchev–Trinajstić information content (AvgIpc) is 2.10. The molecule has 0 N–H and O–H groups in total. The van der Waals surface area contributed by atoms with Crippen LogP contribution in [-0.2, 0) is 9.53 Å². The Morgan fingerprint density at radius 1 is 1.80 bits per heavy atom. The molecule has 1 heterocycles. The van der Waals surface area contributed by atoms with Gasteiger partial charge < -0.3 is 4.74 Å². The number of ether oxygens (including phenoxy) is 1. The van der Waals surface area contributed by atoms with Crippen molar-refractivity contribution in [2.24, 2.45) is 0 Å². The molecule has 1 atom stereocenters. The molecule has 1 aliphatic heterocycles. The summed E-state index contributed by atoms with van der Waals surface area (Å²) in [6, 6.07) is 0. The Labute approximate surface area is 76.7 Å². The highest BCUT2D eigenvalue weighted by Gasteiger charge is 2.28. The van der Waals surface area contributed by atoms with Gasteiger partial charge in [0.1, 0.15) is 5.76 Å². The van der Waals surface area contributed by atoms with Gasteiger partial charge in [-0.2, -0.15) is 0 Å². The van der Waals surface area contributed by atoms with Crippen LogP contribution in [0.3, 0.4) is 0 Å². The zero-order valence-electron chi connectivity index (χ0n) is 5.36. The van der Waals surface area contributed by atoms with Crippen LogP contribution in [0, 0.1) is 0 Å². The van der Waals surface area contributed by atoms with Crippen LogP contribution in [0.15, 0.2) is 10.1 Å². The molecular formula is C5H5BBr2O2. The van der Waals surface area contributed by atoms with E-state index in [1.807, 2.05) is 7.85 Å². The zero-order chi connectivity index (χ0) is 7.72. The quantitative estimate of drug-likeness (QED) is 0.370. The van der Waals surface area contributed by atoms with Gasteiger partial charge in [0.15, 0.2) is 7.85 Å². The summed E-state index contributed by atoms with van der Waals surface area (Å²) in [6.07, 6.45) is 0.429. The van der Waals surface area contributed by atoms with E-state index in [1.54, 1.807) is 0 Å². The van der Waals surface area contributed by atoms with Crippen molar-refractivity contribution in [1.82, 2.24) is 0 Å². The van der Waals surface area contributed by atoms with Gasteiger partial charge in [0.25, 0.3) is 0 Å². The van der Waals surface area contributed by atoms with Crippen molar-refractivity contribution in [2.45, 2.75) is 11.2 Å². The molecule has 0 aromatic rings. The van der Waals surface area contributed by atoms with Crippen LogP contribution in [-0.4, -0.2) is 18.6 Å². The molecule has 0 radical (unpaired) electrons. The fourth-order valence-corrected chi connectivity index (χ4v) is 2.12. The first-order valence-electron chi connectivity index (χ1n) is 2.82. The number of cyclic esters (lactones) is 1. The Balaban J connectivity index is 2.83. The molecule has 2 nitrogen and oxygen atoms in total. The van der Waals surface area contributed by atoms with Crippen molar-refractivity contribution in [3.8, 4) is 0 Å². The zero-order valence-corrected chi connectivity index (χ0v) is 8.53. The summed E-state index contributed by atoms with van der Waals surface area (Å²) >= 11 is 6.55. The number of hydrogen-bond donors (Lipinski definition) is 0. The van der Waals surface area contributed by atoms with Gasteiger partial charge in [0, 0.05) is 0 Å². The molecule has 5 heteroatoms. The Bertz CT molecular complexity index is 198. The van der Waals surface area contributed by atoms with E-state index in [0.29, 0.717) is 12.2 Å². The van der Waals surface area contributed by atoms with Gasteiger partial charge in [-0.1, -0.05) is 31.9 Å². The number of rotatable bonds is 0. The third kappa shape index (κ3) is 1.64. The van der Waals surface area contributed by atoms with E-state index in [0.717, 1.165) is 4.38 Å². The minimum atomic E-state index is -0.171. The molecule has 0 amide bonds. The molecule has 0 aromatic heterocycles. The lowest BCUT2D eigenvalue weighted by Crippen LogP contribution is -1.94. The summed E-state index contributed by atoms with van der Waals surface area (Å²) in [6.45, 7) is 0. The fourth-order valence-electron chi connectivity index (χ4n) is 0.753. The van der Waals surface area contributed by atoms with Crippen molar-refractivity contribution < 1.29 is 9.53 Å². The number of esters is 1. The van der Waals surface area contributed by atoms with Crippen molar-refractivity contribution in [2.75, 3.05) is 0 Å². The SMILES string of the molecule is B/C(Br)=C1/OC(=O)CC1Br. The number of hydrogen-bond acceptors (Lipinski definition) is 2. The molecule has 1 saturated heterocycles. The van der Waals surface area contributed by atoms with Crippen LogP contribution in [0.5, 0.6) is 0 Å². The van der Waals surface area contributed by atoms with E-state index in [9.17, 15) is 4.79 Å². The third-order valence-electron chi connectivity index (χ3n) is 1.19. The van der Waals surface area contributed by atoms with Crippen LogP contribution in [0.2, 0.25) is 0 Å². The van der Waals surface area contributed by atoms with E-state index >= 15 is 0 Å². The molecule has 1 rings (SSSR count). The predicted molar refractivity (Wildman–Crippen MR) is 47.9 cm³/mol. The normalized spacial score (nSPS) is 30.2. The highest BCUT2D eigenvalue weighted by Crippen LogP contribution is 2.29. The van der Waals surface area contributed by atoms with Crippen molar-refractivity contribution in [3.63, 3.8) is 0 Å². The first-order chi connectivity index (χ1) is 4.61. The largest absolute Gasteiger partial charge is 0.430 e. The molecule has 0 aromatic carbocycles. The Hall–Kier alpha value is 0.235. The molecule has 0 aliphatic carbocycles. The van der Waals surface area contributed by atoms with E-state index in [4.69, 9.17) is 4.74 Å². The van der Waals surface area contributed by atoms with E-state index in [-0.39, 0.29) is 10.8 Å². The van der Waals surface area contributed by atoms with Crippen molar-refractivity contribution in [1.29, 1.82) is 0 Å². The topological polar surface area (TPSA) is 26.3 Å². The second-order valence-corrected chi connectivity index (χ2v) is 4.34. The third-order valence-corrected chi connectivity index (χ3v) is 2.32. The number of carbonyl (C=O) groups is 1. The number of allylic oxidation sites excluding steroid dienone is 1. The lowest BCUT2D eigenvalue weighted by molar-refractivity contribution is -0.135. The van der Waals surface area contributed by atoms with Crippen LogP contribution in [0.1, 0.15) is 6.42 Å². The number of carbonyl (C=O) groups excluding carboxylic acids is 1. The highest BCUT2D eigenvalue weighted by atomic mass is 79.9. The van der Waals surface area contributed by atoms with Gasteiger partial charge in [0.05, 0.1) is 11.2 Å². The predicted octanol–water partition coefficient (Wildman–Crippen LogP) is 0.894. The molecule has 1 unspecified atom stereocenters. The molecule has 10 heavy (non-hydrogen) atoms. The molecule has 54 valence electrons. The molecule has 0 spiro atoms. The van der Waals surface area contributed by atoms with Gasteiger partial charge in [-0.3, -0.25) is 4.79 Å². The van der Waals surface area contributed by atoms with E-state index in [1.165, 1.54) is 0 Å².